The van der Waals surface area contributed by atoms with E-state index in [0.717, 1.165) is 6.07 Å². The number of anilines is 1. The van der Waals surface area contributed by atoms with Crippen molar-refractivity contribution in [1.82, 2.24) is 20.0 Å². The van der Waals surface area contributed by atoms with Crippen molar-refractivity contribution in [3.63, 3.8) is 0 Å². The van der Waals surface area contributed by atoms with Gasteiger partial charge in [0.2, 0.25) is 11.7 Å². The van der Waals surface area contributed by atoms with Crippen LogP contribution in [0, 0.1) is 0 Å². The summed E-state index contributed by atoms with van der Waals surface area (Å²) >= 11 is 0. The van der Waals surface area contributed by atoms with Crippen LogP contribution in [0.2, 0.25) is 0 Å². The van der Waals surface area contributed by atoms with Gasteiger partial charge in [0.1, 0.15) is 12.0 Å². The van der Waals surface area contributed by atoms with Gasteiger partial charge < -0.3 is 24.8 Å². The van der Waals surface area contributed by atoms with Crippen LogP contribution >= 0.6 is 0 Å². The predicted octanol–water partition coefficient (Wildman–Crippen LogP) is 5.58. The maximum atomic E-state index is 13.5. The number of nitrogens with one attached hydrogen (secondary N) is 1. The average Bonchev–Trinajstić information content (AvgIpc) is 3.55. The molecule has 0 aliphatic rings. The second kappa shape index (κ2) is 14.2. The summed E-state index contributed by atoms with van der Waals surface area (Å²) in [5.41, 5.74) is 1.46. The lowest BCUT2D eigenvalue weighted by Crippen LogP contribution is -2.33. The number of rotatable bonds is 12. The molecule has 2 heterocycles. The van der Waals surface area contributed by atoms with Gasteiger partial charge >= 0.3 is 12.1 Å². The van der Waals surface area contributed by atoms with Crippen LogP contribution in [-0.2, 0) is 28.7 Å². The third-order valence-electron chi connectivity index (χ3n) is 7.08. The van der Waals surface area contributed by atoms with Crippen LogP contribution in [-0.4, -0.2) is 55.8 Å². The second-order valence-electron chi connectivity index (χ2n) is 10.4. The minimum atomic E-state index is -4.68. The Bertz CT molecular complexity index is 1830. The van der Waals surface area contributed by atoms with Crippen LogP contribution in [0.5, 0.6) is 5.75 Å². The zero-order chi connectivity index (χ0) is 33.6. The number of pyridine rings is 1. The summed E-state index contributed by atoms with van der Waals surface area (Å²) in [6.45, 7) is -0.413. The molecule has 5 aromatic rings. The molecule has 1 unspecified atom stereocenters. The normalized spacial score (nSPS) is 12.1. The van der Waals surface area contributed by atoms with E-state index < -0.39 is 42.8 Å². The lowest BCUT2D eigenvalue weighted by molar-refractivity contribution is -0.142. The number of nitrogens with zero attached hydrogens (tertiary/aromatic N) is 4. The van der Waals surface area contributed by atoms with Gasteiger partial charge in [-0.2, -0.15) is 18.2 Å². The van der Waals surface area contributed by atoms with Gasteiger partial charge in [-0.05, 0) is 65.2 Å². The molecule has 0 radical (unpaired) electrons. The highest BCUT2D eigenvalue weighted by Crippen LogP contribution is 2.35. The number of aliphatic carboxylic acids is 1. The summed E-state index contributed by atoms with van der Waals surface area (Å²) in [4.78, 5) is 34.0. The van der Waals surface area contributed by atoms with E-state index in [2.05, 4.69) is 20.4 Å². The number of aromatic nitrogens is 3. The summed E-state index contributed by atoms with van der Waals surface area (Å²) in [6.07, 6.45) is -3.29. The number of amides is 1. The van der Waals surface area contributed by atoms with E-state index in [1.807, 2.05) is 0 Å². The van der Waals surface area contributed by atoms with E-state index in [4.69, 9.17) is 9.26 Å². The first kappa shape index (κ1) is 32.8. The van der Waals surface area contributed by atoms with Crippen LogP contribution in [0.3, 0.4) is 0 Å². The maximum Gasteiger partial charge on any atom is 0.416 e. The Labute approximate surface area is 266 Å². The molecule has 3 aromatic carbocycles. The van der Waals surface area contributed by atoms with Gasteiger partial charge in [-0.1, -0.05) is 35.5 Å². The number of alkyl halides is 3. The molecule has 0 bridgehead atoms. The molecule has 47 heavy (non-hydrogen) atoms. The lowest BCUT2D eigenvalue weighted by atomic mass is 10.0. The standard InChI is InChI=1S/C33H28F3N5O6/c1-46-26-13-10-23(27(16-26)33(34,35)36)15-28(42)38-25-11-8-22(9-12-25)32(45)41(19-29(43)44)18-20-4-6-21(7-5-20)31-39-30(40-47-31)24-3-2-14-37-17-24/h2-14,16-17,32,45H,15,18-19H2,1H3,(H,38,42)(H,43,44). The van der Waals surface area contributed by atoms with Crippen LogP contribution in [0.1, 0.15) is 28.5 Å². The first-order chi connectivity index (χ1) is 22.5. The number of benzene rings is 3. The first-order valence-corrected chi connectivity index (χ1v) is 14.1. The smallest absolute Gasteiger partial charge is 0.416 e. The number of hydrogen-bond acceptors (Lipinski definition) is 9. The molecule has 0 saturated carbocycles. The number of hydrogen-bond donors (Lipinski definition) is 3. The van der Waals surface area contributed by atoms with E-state index in [0.29, 0.717) is 28.1 Å². The number of methoxy groups -OCH3 is 1. The molecule has 11 nitrogen and oxygen atoms in total. The molecule has 1 amide bonds. The fraction of sp³-hybridized carbons (Fsp3) is 0.182. The molecule has 0 aliphatic carbocycles. The van der Waals surface area contributed by atoms with Crippen molar-refractivity contribution in [2.75, 3.05) is 19.0 Å². The summed E-state index contributed by atoms with van der Waals surface area (Å²) in [7, 11) is 1.25. The highest BCUT2D eigenvalue weighted by molar-refractivity contribution is 5.92. The minimum absolute atomic E-state index is 0.0177. The minimum Gasteiger partial charge on any atom is -0.497 e. The molecule has 0 saturated heterocycles. The Morgan fingerprint density at radius 3 is 2.40 bits per heavy atom. The molecular weight excluding hydrogens is 619 g/mol. The Morgan fingerprint density at radius 1 is 1.02 bits per heavy atom. The molecule has 0 spiro atoms. The number of ether oxygens (including phenoxy) is 1. The van der Waals surface area contributed by atoms with Crippen molar-refractivity contribution < 1.29 is 42.2 Å². The number of carboxylic acid groups (broad SMARTS) is 1. The van der Waals surface area contributed by atoms with Gasteiger partial charge in [0.15, 0.2) is 0 Å². The number of halogens is 3. The largest absolute Gasteiger partial charge is 0.497 e. The number of aliphatic hydroxyl groups is 1. The molecule has 14 heteroatoms. The highest BCUT2D eigenvalue weighted by Gasteiger charge is 2.34. The van der Waals surface area contributed by atoms with Crippen LogP contribution < -0.4 is 10.1 Å². The first-order valence-electron chi connectivity index (χ1n) is 14.1. The molecule has 242 valence electrons. The van der Waals surface area contributed by atoms with E-state index in [9.17, 15) is 33.0 Å². The third-order valence-corrected chi connectivity index (χ3v) is 7.08. The van der Waals surface area contributed by atoms with Crippen LogP contribution in [0.15, 0.2) is 95.8 Å². The average molecular weight is 648 g/mol. The Kier molecular flexibility index (Phi) is 9.92. The van der Waals surface area contributed by atoms with Gasteiger partial charge in [-0.25, -0.2) is 0 Å². The summed E-state index contributed by atoms with van der Waals surface area (Å²) < 4.78 is 50.8. The lowest BCUT2D eigenvalue weighted by Gasteiger charge is -2.27. The number of carbonyl (C=O) groups is 2. The number of aliphatic hydroxyl groups excluding tert-OH is 1. The van der Waals surface area contributed by atoms with Crippen molar-refractivity contribution in [2.45, 2.75) is 25.4 Å². The maximum absolute atomic E-state index is 13.5. The Hall–Kier alpha value is -5.60. The van der Waals surface area contributed by atoms with Crippen molar-refractivity contribution in [3.05, 3.63) is 114 Å². The fourth-order valence-corrected chi connectivity index (χ4v) is 4.77. The van der Waals surface area contributed by atoms with Gasteiger partial charge in [-0.15, -0.1) is 0 Å². The zero-order valence-electron chi connectivity index (χ0n) is 24.8. The second-order valence-corrected chi connectivity index (χ2v) is 10.4. The SMILES string of the molecule is COc1ccc(CC(=O)Nc2ccc(C(O)N(CC(=O)O)Cc3ccc(-c4nc(-c5cccnc5)no4)cc3)cc2)c(C(F)(F)F)c1. The topological polar surface area (TPSA) is 151 Å². The quantitative estimate of drug-likeness (QED) is 0.146. The molecule has 2 aromatic heterocycles. The molecule has 0 aliphatic heterocycles. The number of carbonyl (C=O) groups excluding carboxylic acids is 1. The molecule has 0 fully saturated rings. The monoisotopic (exact) mass is 647 g/mol. The van der Waals surface area contributed by atoms with Crippen molar-refractivity contribution in [2.24, 2.45) is 0 Å². The van der Waals surface area contributed by atoms with Crippen LogP contribution in [0.4, 0.5) is 18.9 Å². The summed E-state index contributed by atoms with van der Waals surface area (Å²) in [5, 5.41) is 27.1. The van der Waals surface area contributed by atoms with Gasteiger partial charge in [-0.3, -0.25) is 19.5 Å². The molecular formula is C33H28F3N5O6. The number of carboxylic acids is 1. The van der Waals surface area contributed by atoms with E-state index in [-0.39, 0.29) is 29.4 Å². The van der Waals surface area contributed by atoms with Crippen molar-refractivity contribution in [3.8, 4) is 28.6 Å². The molecule has 5 rings (SSSR count). The van der Waals surface area contributed by atoms with Gasteiger partial charge in [0.25, 0.3) is 5.89 Å². The van der Waals surface area contributed by atoms with E-state index >= 15 is 0 Å². The van der Waals surface area contributed by atoms with Crippen molar-refractivity contribution >= 4 is 17.6 Å². The van der Waals surface area contributed by atoms with E-state index in [1.165, 1.54) is 48.4 Å². The predicted molar refractivity (Wildman–Crippen MR) is 163 cm³/mol. The van der Waals surface area contributed by atoms with Crippen molar-refractivity contribution in [1.29, 1.82) is 0 Å². The molecule has 1 atom stereocenters. The Morgan fingerprint density at radius 2 is 1.77 bits per heavy atom. The van der Waals surface area contributed by atoms with E-state index in [1.54, 1.807) is 48.8 Å². The Balaban J connectivity index is 1.23. The summed E-state index contributed by atoms with van der Waals surface area (Å²) in [6, 6.07) is 19.8. The van der Waals surface area contributed by atoms with Gasteiger partial charge in [0.05, 0.1) is 25.6 Å². The summed E-state index contributed by atoms with van der Waals surface area (Å²) in [5.74, 6) is -1.15. The highest BCUT2D eigenvalue weighted by atomic mass is 19.4. The fourth-order valence-electron chi connectivity index (χ4n) is 4.77. The van der Waals surface area contributed by atoms with Crippen LogP contribution in [0.25, 0.3) is 22.8 Å². The van der Waals surface area contributed by atoms with Gasteiger partial charge in [0, 0.05) is 35.8 Å². The zero-order valence-corrected chi connectivity index (χ0v) is 24.8. The molecule has 3 N–H and O–H groups in total. The third kappa shape index (κ3) is 8.36.